The number of hydrogen-bond donors (Lipinski definition) is 3. The molecule has 1 aliphatic carbocycles. The van der Waals surface area contributed by atoms with Gasteiger partial charge < -0.3 is 10.6 Å². The number of anilines is 1. The van der Waals surface area contributed by atoms with Crippen molar-refractivity contribution < 1.29 is 18.0 Å². The van der Waals surface area contributed by atoms with E-state index in [0.29, 0.717) is 5.69 Å². The SMILES string of the molecule is CC(C)NS(=O)(=O)c1ccc(NC(=O)CNC(=O)C2CCCCC2)cc1. The van der Waals surface area contributed by atoms with Crippen LogP contribution < -0.4 is 15.4 Å². The quantitative estimate of drug-likeness (QED) is 0.672. The van der Waals surface area contributed by atoms with Crippen LogP contribution in [0.1, 0.15) is 46.0 Å². The van der Waals surface area contributed by atoms with E-state index in [4.69, 9.17) is 0 Å². The molecule has 0 radical (unpaired) electrons. The smallest absolute Gasteiger partial charge is 0.243 e. The van der Waals surface area contributed by atoms with Crippen LogP contribution in [0.5, 0.6) is 0 Å². The summed E-state index contributed by atoms with van der Waals surface area (Å²) in [6, 6.07) is 5.71. The van der Waals surface area contributed by atoms with E-state index in [2.05, 4.69) is 15.4 Å². The van der Waals surface area contributed by atoms with Crippen molar-refractivity contribution in [3.05, 3.63) is 24.3 Å². The molecule has 0 heterocycles. The Hall–Kier alpha value is -1.93. The lowest BCUT2D eigenvalue weighted by Gasteiger charge is -2.20. The zero-order valence-corrected chi connectivity index (χ0v) is 16.1. The first-order chi connectivity index (χ1) is 12.3. The minimum atomic E-state index is -3.56. The number of carbonyl (C=O) groups excluding carboxylic acids is 2. The van der Waals surface area contributed by atoms with Gasteiger partial charge in [0.15, 0.2) is 0 Å². The minimum Gasteiger partial charge on any atom is -0.347 e. The van der Waals surface area contributed by atoms with E-state index in [1.54, 1.807) is 13.8 Å². The van der Waals surface area contributed by atoms with Crippen LogP contribution in [0.15, 0.2) is 29.2 Å². The van der Waals surface area contributed by atoms with Gasteiger partial charge in [-0.2, -0.15) is 0 Å². The molecule has 0 aromatic heterocycles. The molecule has 3 N–H and O–H groups in total. The summed E-state index contributed by atoms with van der Waals surface area (Å²) in [4.78, 5) is 24.1. The Morgan fingerprint density at radius 3 is 2.27 bits per heavy atom. The maximum Gasteiger partial charge on any atom is 0.243 e. The lowest BCUT2D eigenvalue weighted by molar-refractivity contribution is -0.128. The molecule has 7 nitrogen and oxygen atoms in total. The Bertz CT molecular complexity index is 723. The number of hydrogen-bond acceptors (Lipinski definition) is 4. The van der Waals surface area contributed by atoms with Crippen molar-refractivity contribution in [1.82, 2.24) is 10.0 Å². The monoisotopic (exact) mass is 381 g/mol. The molecule has 0 atom stereocenters. The standard InChI is InChI=1S/C18H27N3O4S/c1-13(2)21-26(24,25)16-10-8-15(9-11-16)20-17(22)12-19-18(23)14-6-4-3-5-7-14/h8-11,13-14,21H,3-7,12H2,1-2H3,(H,19,23)(H,20,22). The maximum atomic E-state index is 12.1. The molecule has 1 saturated carbocycles. The summed E-state index contributed by atoms with van der Waals surface area (Å²) in [5.41, 5.74) is 0.477. The molecule has 1 aromatic rings. The summed E-state index contributed by atoms with van der Waals surface area (Å²) < 4.78 is 26.6. The van der Waals surface area contributed by atoms with Gasteiger partial charge in [0.25, 0.3) is 0 Å². The fourth-order valence-electron chi connectivity index (χ4n) is 2.98. The zero-order valence-electron chi connectivity index (χ0n) is 15.2. The van der Waals surface area contributed by atoms with Gasteiger partial charge in [-0.15, -0.1) is 0 Å². The fraction of sp³-hybridized carbons (Fsp3) is 0.556. The molecule has 0 aliphatic heterocycles. The van der Waals surface area contributed by atoms with Crippen LogP contribution >= 0.6 is 0 Å². The summed E-state index contributed by atoms with van der Waals surface area (Å²) >= 11 is 0. The van der Waals surface area contributed by atoms with Crippen LogP contribution in [0.4, 0.5) is 5.69 Å². The summed E-state index contributed by atoms with van der Waals surface area (Å²) in [6.45, 7) is 3.39. The molecule has 0 bridgehead atoms. The molecule has 0 saturated heterocycles. The van der Waals surface area contributed by atoms with Crippen LogP contribution in [-0.2, 0) is 19.6 Å². The number of carbonyl (C=O) groups is 2. The first-order valence-electron chi connectivity index (χ1n) is 8.98. The molecular formula is C18H27N3O4S. The van der Waals surface area contributed by atoms with Crippen LogP contribution in [0.25, 0.3) is 0 Å². The first-order valence-corrected chi connectivity index (χ1v) is 10.5. The predicted molar refractivity (Wildman–Crippen MR) is 100 cm³/mol. The number of benzene rings is 1. The Kier molecular flexibility index (Phi) is 7.16. The Balaban J connectivity index is 1.84. The fourth-order valence-corrected chi connectivity index (χ4v) is 4.23. The molecule has 26 heavy (non-hydrogen) atoms. The molecule has 1 aliphatic rings. The molecule has 0 spiro atoms. The molecule has 1 fully saturated rings. The van der Waals surface area contributed by atoms with Crippen LogP contribution in [0.3, 0.4) is 0 Å². The number of rotatable bonds is 7. The first kappa shape index (κ1) is 20.4. The van der Waals surface area contributed by atoms with E-state index in [1.165, 1.54) is 30.7 Å². The van der Waals surface area contributed by atoms with Crippen LogP contribution in [0, 0.1) is 5.92 Å². The highest BCUT2D eigenvalue weighted by atomic mass is 32.2. The third-order valence-corrected chi connectivity index (χ3v) is 5.91. The van der Waals surface area contributed by atoms with Gasteiger partial charge in [0.2, 0.25) is 21.8 Å². The predicted octanol–water partition coefficient (Wildman–Crippen LogP) is 2.01. The van der Waals surface area contributed by atoms with E-state index < -0.39 is 10.0 Å². The average molecular weight is 381 g/mol. The highest BCUT2D eigenvalue weighted by Crippen LogP contribution is 2.23. The second-order valence-corrected chi connectivity index (χ2v) is 8.62. The third-order valence-electron chi connectivity index (χ3n) is 4.24. The molecule has 144 valence electrons. The summed E-state index contributed by atoms with van der Waals surface area (Å²) in [6.07, 6.45) is 5.06. The van der Waals surface area contributed by atoms with Crippen LogP contribution in [-0.4, -0.2) is 32.8 Å². The largest absolute Gasteiger partial charge is 0.347 e. The lowest BCUT2D eigenvalue weighted by Crippen LogP contribution is -2.37. The highest BCUT2D eigenvalue weighted by Gasteiger charge is 2.21. The van der Waals surface area contributed by atoms with Crippen molar-refractivity contribution in [2.75, 3.05) is 11.9 Å². The van der Waals surface area contributed by atoms with Gasteiger partial charge in [-0.3, -0.25) is 9.59 Å². The van der Waals surface area contributed by atoms with Crippen LogP contribution in [0.2, 0.25) is 0 Å². The summed E-state index contributed by atoms with van der Waals surface area (Å²) in [7, 11) is -3.56. The number of nitrogens with one attached hydrogen (secondary N) is 3. The Morgan fingerprint density at radius 1 is 1.08 bits per heavy atom. The molecular weight excluding hydrogens is 354 g/mol. The number of amides is 2. The van der Waals surface area contributed by atoms with Crippen molar-refractivity contribution in [1.29, 1.82) is 0 Å². The van der Waals surface area contributed by atoms with Crippen molar-refractivity contribution in [2.45, 2.75) is 56.9 Å². The van der Waals surface area contributed by atoms with E-state index in [9.17, 15) is 18.0 Å². The maximum absolute atomic E-state index is 12.1. The second kappa shape index (κ2) is 9.14. The normalized spacial score (nSPS) is 15.7. The van der Waals surface area contributed by atoms with Crippen molar-refractivity contribution in [3.8, 4) is 0 Å². The van der Waals surface area contributed by atoms with E-state index in [0.717, 1.165) is 25.7 Å². The topological polar surface area (TPSA) is 104 Å². The molecule has 8 heteroatoms. The van der Waals surface area contributed by atoms with Crippen molar-refractivity contribution in [3.63, 3.8) is 0 Å². The van der Waals surface area contributed by atoms with Gasteiger partial charge >= 0.3 is 0 Å². The highest BCUT2D eigenvalue weighted by molar-refractivity contribution is 7.89. The third kappa shape index (κ3) is 6.10. The molecule has 2 rings (SSSR count). The average Bonchev–Trinajstić information content (AvgIpc) is 2.60. The summed E-state index contributed by atoms with van der Waals surface area (Å²) in [5.74, 6) is -0.402. The van der Waals surface area contributed by atoms with Crippen molar-refractivity contribution >= 4 is 27.5 Å². The molecule has 1 aromatic carbocycles. The second-order valence-electron chi connectivity index (χ2n) is 6.90. The summed E-state index contributed by atoms with van der Waals surface area (Å²) in [5, 5.41) is 5.32. The molecule has 0 unspecified atom stereocenters. The van der Waals surface area contributed by atoms with Gasteiger partial charge in [-0.05, 0) is 51.0 Å². The number of sulfonamides is 1. The zero-order chi connectivity index (χ0) is 19.2. The lowest BCUT2D eigenvalue weighted by atomic mass is 9.89. The van der Waals surface area contributed by atoms with E-state index in [1.807, 2.05) is 0 Å². The minimum absolute atomic E-state index is 0.00879. The van der Waals surface area contributed by atoms with Crippen molar-refractivity contribution in [2.24, 2.45) is 5.92 Å². The van der Waals surface area contributed by atoms with Gasteiger partial charge in [-0.1, -0.05) is 19.3 Å². The van der Waals surface area contributed by atoms with Gasteiger partial charge in [-0.25, -0.2) is 13.1 Å². The van der Waals surface area contributed by atoms with Gasteiger partial charge in [0, 0.05) is 17.6 Å². The Labute approximate surface area is 155 Å². The Morgan fingerprint density at radius 2 is 1.69 bits per heavy atom. The molecule has 2 amide bonds. The van der Waals surface area contributed by atoms with E-state index in [-0.39, 0.29) is 35.2 Å². The van der Waals surface area contributed by atoms with E-state index >= 15 is 0 Å². The van der Waals surface area contributed by atoms with Gasteiger partial charge in [0.1, 0.15) is 0 Å². The van der Waals surface area contributed by atoms with Gasteiger partial charge in [0.05, 0.1) is 11.4 Å².